The van der Waals surface area contributed by atoms with Crippen molar-refractivity contribution in [1.82, 2.24) is 9.96 Å². The van der Waals surface area contributed by atoms with Crippen LogP contribution in [0.15, 0.2) is 24.3 Å². The lowest BCUT2D eigenvalue weighted by atomic mass is 10.0. The highest BCUT2D eigenvalue weighted by Gasteiger charge is 2.40. The Morgan fingerprint density at radius 3 is 2.27 bits per heavy atom. The summed E-state index contributed by atoms with van der Waals surface area (Å²) in [4.78, 5) is 43.4. The van der Waals surface area contributed by atoms with Crippen molar-refractivity contribution in [3.05, 3.63) is 35.4 Å². The zero-order valence-electron chi connectivity index (χ0n) is 15.3. The normalized spacial score (nSPS) is 22.7. The average molecular weight is 360 g/mol. The molecule has 0 unspecified atom stereocenters. The maximum absolute atomic E-state index is 12.4. The van der Waals surface area contributed by atoms with E-state index in [0.717, 1.165) is 11.5 Å². The number of carbonyl (C=O) groups excluding carboxylic acids is 2. The van der Waals surface area contributed by atoms with Gasteiger partial charge in [0, 0.05) is 12.1 Å². The summed E-state index contributed by atoms with van der Waals surface area (Å²) in [6, 6.07) is 6.66. The van der Waals surface area contributed by atoms with E-state index < -0.39 is 23.4 Å². The zero-order chi connectivity index (χ0) is 19.1. The topological polar surface area (TPSA) is 87.2 Å². The quantitative estimate of drug-likeness (QED) is 0.834. The predicted octanol–water partition coefficient (Wildman–Crippen LogP) is 3.16. The van der Waals surface area contributed by atoms with Crippen LogP contribution >= 0.6 is 0 Å². The van der Waals surface area contributed by atoms with Crippen LogP contribution < -0.4 is 0 Å². The van der Waals surface area contributed by atoms with E-state index in [0.29, 0.717) is 30.5 Å². The Kier molecular flexibility index (Phi) is 4.75. The van der Waals surface area contributed by atoms with Crippen LogP contribution in [-0.2, 0) is 4.84 Å². The highest BCUT2D eigenvalue weighted by atomic mass is 16.7. The summed E-state index contributed by atoms with van der Waals surface area (Å²) >= 11 is 0. The third kappa shape index (κ3) is 3.44. The summed E-state index contributed by atoms with van der Waals surface area (Å²) in [5.41, 5.74) is 0.237. The standard InChI is InChI=1S/C19H24N2O5/c1-19(2,3)20(18(24)25)11-12-8-9-13(10-12)26-21-16(22)14-6-4-5-7-15(14)17(21)23/h4-7,12-13H,8-11H2,1-3H3,(H,24,25)/t12-,13-/m1/s1. The van der Waals surface area contributed by atoms with Crippen LogP contribution in [0, 0.1) is 5.92 Å². The van der Waals surface area contributed by atoms with Gasteiger partial charge >= 0.3 is 6.09 Å². The molecule has 140 valence electrons. The molecule has 1 fully saturated rings. The first kappa shape index (κ1) is 18.4. The summed E-state index contributed by atoms with van der Waals surface area (Å²) in [6.07, 6.45) is 0.899. The van der Waals surface area contributed by atoms with Crippen LogP contribution in [0.1, 0.15) is 60.7 Å². The van der Waals surface area contributed by atoms with E-state index in [2.05, 4.69) is 0 Å². The lowest BCUT2D eigenvalue weighted by molar-refractivity contribution is -0.130. The molecule has 0 aromatic heterocycles. The van der Waals surface area contributed by atoms with Gasteiger partial charge in [-0.1, -0.05) is 12.1 Å². The van der Waals surface area contributed by atoms with E-state index in [4.69, 9.17) is 4.84 Å². The molecule has 0 saturated heterocycles. The van der Waals surface area contributed by atoms with Crippen LogP contribution in [0.4, 0.5) is 4.79 Å². The Morgan fingerprint density at radius 1 is 1.19 bits per heavy atom. The molecule has 0 bridgehead atoms. The number of rotatable bonds is 4. The third-order valence-corrected chi connectivity index (χ3v) is 4.99. The SMILES string of the molecule is CC(C)(C)N(C[C@@H]1CC[C@@H](ON2C(=O)c3ccccc3C2=O)C1)C(=O)O. The van der Waals surface area contributed by atoms with Gasteiger partial charge in [0.2, 0.25) is 0 Å². The largest absolute Gasteiger partial charge is 0.465 e. The molecule has 3 rings (SSSR count). The molecule has 1 N–H and O–H groups in total. The molecule has 2 aliphatic rings. The molecule has 1 heterocycles. The van der Waals surface area contributed by atoms with E-state index in [-0.39, 0.29) is 12.0 Å². The molecule has 1 aromatic carbocycles. The first-order valence-corrected chi connectivity index (χ1v) is 8.83. The number of hydrogen-bond acceptors (Lipinski definition) is 4. The number of hydroxylamine groups is 2. The average Bonchev–Trinajstić information content (AvgIpc) is 3.11. The summed E-state index contributed by atoms with van der Waals surface area (Å²) in [5, 5.41) is 10.3. The molecule has 1 saturated carbocycles. The molecule has 7 nitrogen and oxygen atoms in total. The van der Waals surface area contributed by atoms with Gasteiger partial charge in [-0.15, -0.1) is 5.06 Å². The number of fused-ring (bicyclic) bond motifs is 1. The number of carboxylic acid groups (broad SMARTS) is 1. The van der Waals surface area contributed by atoms with Crippen LogP contribution in [0.3, 0.4) is 0 Å². The second-order valence-electron chi connectivity index (χ2n) is 7.92. The van der Waals surface area contributed by atoms with E-state index in [1.54, 1.807) is 24.3 Å². The molecule has 3 amide bonds. The predicted molar refractivity (Wildman–Crippen MR) is 93.6 cm³/mol. The number of amides is 3. The molecule has 0 spiro atoms. The Bertz CT molecular complexity index is 705. The highest BCUT2D eigenvalue weighted by molar-refractivity contribution is 6.20. The van der Waals surface area contributed by atoms with E-state index >= 15 is 0 Å². The Balaban J connectivity index is 1.61. The van der Waals surface area contributed by atoms with Crippen LogP contribution in [0.2, 0.25) is 0 Å². The first-order valence-electron chi connectivity index (χ1n) is 8.83. The third-order valence-electron chi connectivity index (χ3n) is 4.99. The Labute approximate surface area is 152 Å². The van der Waals surface area contributed by atoms with Crippen molar-refractivity contribution in [2.75, 3.05) is 6.54 Å². The molecule has 1 aliphatic heterocycles. The smallest absolute Gasteiger partial charge is 0.407 e. The fraction of sp³-hybridized carbons (Fsp3) is 0.526. The first-order chi connectivity index (χ1) is 12.2. The summed E-state index contributed by atoms with van der Waals surface area (Å²) in [6.45, 7) is 6.01. The van der Waals surface area contributed by atoms with Gasteiger partial charge in [-0.25, -0.2) is 4.79 Å². The highest BCUT2D eigenvalue weighted by Crippen LogP contribution is 2.33. The maximum atomic E-state index is 12.4. The van der Waals surface area contributed by atoms with Crippen LogP contribution in [0.25, 0.3) is 0 Å². The van der Waals surface area contributed by atoms with Crippen molar-refractivity contribution in [3.63, 3.8) is 0 Å². The maximum Gasteiger partial charge on any atom is 0.407 e. The fourth-order valence-corrected chi connectivity index (χ4v) is 3.60. The van der Waals surface area contributed by atoms with Gasteiger partial charge in [-0.05, 0) is 58.1 Å². The van der Waals surface area contributed by atoms with Gasteiger partial charge in [0.05, 0.1) is 17.2 Å². The van der Waals surface area contributed by atoms with Crippen molar-refractivity contribution in [3.8, 4) is 0 Å². The molecule has 7 heteroatoms. The van der Waals surface area contributed by atoms with Gasteiger partial charge < -0.3 is 10.0 Å². The van der Waals surface area contributed by atoms with Gasteiger partial charge in [-0.3, -0.25) is 14.4 Å². The lowest BCUT2D eigenvalue weighted by Crippen LogP contribution is -2.47. The van der Waals surface area contributed by atoms with Crippen molar-refractivity contribution in [1.29, 1.82) is 0 Å². The summed E-state index contributed by atoms with van der Waals surface area (Å²) < 4.78 is 0. The number of benzene rings is 1. The number of carbonyl (C=O) groups is 3. The van der Waals surface area contributed by atoms with Gasteiger partial charge in [0.1, 0.15) is 0 Å². The van der Waals surface area contributed by atoms with Gasteiger partial charge in [-0.2, -0.15) is 0 Å². The minimum Gasteiger partial charge on any atom is -0.465 e. The second-order valence-corrected chi connectivity index (χ2v) is 7.92. The number of nitrogens with zero attached hydrogens (tertiary/aromatic N) is 2. The van der Waals surface area contributed by atoms with Crippen molar-refractivity contribution < 1.29 is 24.3 Å². The lowest BCUT2D eigenvalue weighted by Gasteiger charge is -2.35. The number of hydrogen-bond donors (Lipinski definition) is 1. The Morgan fingerprint density at radius 2 is 1.77 bits per heavy atom. The monoisotopic (exact) mass is 360 g/mol. The molecular weight excluding hydrogens is 336 g/mol. The van der Waals surface area contributed by atoms with Gasteiger partial charge in [0.15, 0.2) is 0 Å². The van der Waals surface area contributed by atoms with E-state index in [9.17, 15) is 19.5 Å². The zero-order valence-corrected chi connectivity index (χ0v) is 15.3. The molecule has 1 aliphatic carbocycles. The van der Waals surface area contributed by atoms with Crippen molar-refractivity contribution in [2.45, 2.75) is 51.7 Å². The summed E-state index contributed by atoms with van der Waals surface area (Å²) in [5.74, 6) is -0.725. The van der Waals surface area contributed by atoms with Crippen LogP contribution in [-0.4, -0.2) is 51.2 Å². The minimum absolute atomic E-state index is 0.144. The molecule has 1 aromatic rings. The van der Waals surface area contributed by atoms with Crippen molar-refractivity contribution >= 4 is 17.9 Å². The molecule has 0 radical (unpaired) electrons. The Hall–Kier alpha value is -2.41. The second kappa shape index (κ2) is 6.72. The van der Waals surface area contributed by atoms with Gasteiger partial charge in [0.25, 0.3) is 11.8 Å². The van der Waals surface area contributed by atoms with Crippen molar-refractivity contribution in [2.24, 2.45) is 5.92 Å². The van der Waals surface area contributed by atoms with Crippen LogP contribution in [0.5, 0.6) is 0 Å². The summed E-state index contributed by atoms with van der Waals surface area (Å²) in [7, 11) is 0. The van der Waals surface area contributed by atoms with E-state index in [1.165, 1.54) is 4.90 Å². The molecular formula is C19H24N2O5. The number of imide groups is 1. The minimum atomic E-state index is -0.942. The molecule has 2 atom stereocenters. The fourth-order valence-electron chi connectivity index (χ4n) is 3.60. The van der Waals surface area contributed by atoms with E-state index in [1.807, 2.05) is 20.8 Å². The molecule has 26 heavy (non-hydrogen) atoms.